The molecule has 0 saturated heterocycles. The highest BCUT2D eigenvalue weighted by molar-refractivity contribution is 6.21. The number of ketones is 1. The zero-order valence-corrected chi connectivity index (χ0v) is 22.0. The molecule has 7 nitrogen and oxygen atoms in total. The topological polar surface area (TPSA) is 89.5 Å². The molecule has 7 heteroatoms. The molecule has 0 fully saturated rings. The first-order valence-electron chi connectivity index (χ1n) is 12.4. The van der Waals surface area contributed by atoms with Gasteiger partial charge in [-0.1, -0.05) is 76.2 Å². The summed E-state index contributed by atoms with van der Waals surface area (Å²) < 4.78 is 5.41. The lowest BCUT2D eigenvalue weighted by Crippen LogP contribution is -2.32. The summed E-state index contributed by atoms with van der Waals surface area (Å²) in [5.41, 5.74) is 4.09. The molecule has 0 spiro atoms. The van der Waals surface area contributed by atoms with Crippen LogP contribution in [0, 0.1) is 6.92 Å². The summed E-state index contributed by atoms with van der Waals surface area (Å²) in [7, 11) is 0. The fourth-order valence-corrected chi connectivity index (χ4v) is 4.38. The van der Waals surface area contributed by atoms with E-state index in [0.717, 1.165) is 11.1 Å². The lowest BCUT2D eigenvalue weighted by molar-refractivity contribution is -0.139. The van der Waals surface area contributed by atoms with Crippen molar-refractivity contribution in [2.45, 2.75) is 59.4 Å². The fraction of sp³-hybridized carbons (Fsp3) is 0.300. The van der Waals surface area contributed by atoms with Crippen LogP contribution in [0.3, 0.4) is 0 Å². The summed E-state index contributed by atoms with van der Waals surface area (Å²) in [4.78, 5) is 41.2. The minimum atomic E-state index is -0.850. The average Bonchev–Trinajstić information content (AvgIpc) is 3.15. The van der Waals surface area contributed by atoms with Gasteiger partial charge < -0.3 is 4.74 Å². The molecule has 190 valence electrons. The first kappa shape index (κ1) is 25.9. The lowest BCUT2D eigenvalue weighted by Gasteiger charge is -2.26. The van der Waals surface area contributed by atoms with Crippen molar-refractivity contribution in [3.8, 4) is 0 Å². The Morgan fingerprint density at radius 1 is 0.838 bits per heavy atom. The van der Waals surface area contributed by atoms with E-state index in [-0.39, 0.29) is 22.9 Å². The standard InChI is InChI=1S/C30H31N3O4/c1-17(2)21-8-12-23(13-9-21)27-26(28(35)24-14-10-22(11-15-24)18(3)4)29(37-20(6)34)30(36)33(27)25-16-7-19(5)31-32-25/h7-18,27H,1-6H3. The van der Waals surface area contributed by atoms with Gasteiger partial charge in [0.25, 0.3) is 5.91 Å². The third kappa shape index (κ3) is 5.21. The van der Waals surface area contributed by atoms with Crippen molar-refractivity contribution in [3.63, 3.8) is 0 Å². The van der Waals surface area contributed by atoms with Gasteiger partial charge in [-0.25, -0.2) is 0 Å². The zero-order valence-electron chi connectivity index (χ0n) is 22.0. The highest BCUT2D eigenvalue weighted by atomic mass is 16.5. The molecule has 0 N–H and O–H groups in total. The maximum absolute atomic E-state index is 14.0. The number of Topliss-reactive ketones (excluding diaryl/α,β-unsaturated/α-hetero) is 1. The van der Waals surface area contributed by atoms with Crippen molar-refractivity contribution in [1.29, 1.82) is 0 Å². The fourth-order valence-electron chi connectivity index (χ4n) is 4.38. The number of aromatic nitrogens is 2. The number of hydrogen-bond acceptors (Lipinski definition) is 6. The molecule has 1 atom stereocenters. The summed E-state index contributed by atoms with van der Waals surface area (Å²) in [6.07, 6.45) is 0. The van der Waals surface area contributed by atoms with Gasteiger partial charge in [-0.05, 0) is 47.6 Å². The van der Waals surface area contributed by atoms with Gasteiger partial charge in [0.15, 0.2) is 11.6 Å². The Morgan fingerprint density at radius 2 is 1.41 bits per heavy atom. The van der Waals surface area contributed by atoms with E-state index in [0.29, 0.717) is 28.7 Å². The third-order valence-electron chi connectivity index (χ3n) is 6.47. The second kappa shape index (κ2) is 10.5. The highest BCUT2D eigenvalue weighted by Crippen LogP contribution is 2.42. The van der Waals surface area contributed by atoms with Crippen LogP contribution in [0.15, 0.2) is 72.0 Å². The smallest absolute Gasteiger partial charge is 0.308 e. The van der Waals surface area contributed by atoms with E-state index in [1.807, 2.05) is 36.4 Å². The molecule has 1 aliphatic heterocycles. The van der Waals surface area contributed by atoms with Crippen LogP contribution in [-0.4, -0.2) is 27.9 Å². The summed E-state index contributed by atoms with van der Waals surface area (Å²) in [6.45, 7) is 11.3. The normalized spacial score (nSPS) is 15.6. The molecular weight excluding hydrogens is 466 g/mol. The van der Waals surface area contributed by atoms with E-state index in [4.69, 9.17) is 4.74 Å². The second-order valence-electron chi connectivity index (χ2n) is 9.87. The minimum absolute atomic E-state index is 0.0946. The summed E-state index contributed by atoms with van der Waals surface area (Å²) in [5, 5.41) is 8.33. The molecule has 1 aliphatic rings. The van der Waals surface area contributed by atoms with E-state index in [1.54, 1.807) is 31.2 Å². The van der Waals surface area contributed by atoms with Gasteiger partial charge in [-0.2, -0.15) is 5.10 Å². The summed E-state index contributed by atoms with van der Waals surface area (Å²) in [5.74, 6) is -1.10. The number of aryl methyl sites for hydroxylation is 1. The monoisotopic (exact) mass is 497 g/mol. The maximum atomic E-state index is 14.0. The molecule has 37 heavy (non-hydrogen) atoms. The predicted molar refractivity (Wildman–Crippen MR) is 141 cm³/mol. The van der Waals surface area contributed by atoms with Crippen LogP contribution >= 0.6 is 0 Å². The van der Waals surface area contributed by atoms with E-state index < -0.39 is 17.9 Å². The SMILES string of the molecule is CC(=O)OC1=C(C(=O)c2ccc(C(C)C)cc2)C(c2ccc(C(C)C)cc2)N(c2ccc(C)nn2)C1=O. The molecular formula is C30H31N3O4. The van der Waals surface area contributed by atoms with Crippen LogP contribution in [0.5, 0.6) is 0 Å². The van der Waals surface area contributed by atoms with Crippen molar-refractivity contribution in [3.05, 3.63) is 99.9 Å². The molecule has 1 amide bonds. The molecule has 1 aromatic heterocycles. The van der Waals surface area contributed by atoms with Gasteiger partial charge in [0, 0.05) is 12.5 Å². The molecule has 0 bridgehead atoms. The Bertz CT molecular complexity index is 1360. The number of hydrogen-bond donors (Lipinski definition) is 0. The Balaban J connectivity index is 1.91. The lowest BCUT2D eigenvalue weighted by atomic mass is 9.90. The number of carbonyl (C=O) groups is 3. The molecule has 0 saturated carbocycles. The van der Waals surface area contributed by atoms with Crippen LogP contribution in [0.2, 0.25) is 0 Å². The van der Waals surface area contributed by atoms with Crippen LogP contribution in [0.4, 0.5) is 5.82 Å². The first-order chi connectivity index (χ1) is 17.6. The highest BCUT2D eigenvalue weighted by Gasteiger charge is 2.47. The van der Waals surface area contributed by atoms with Crippen molar-refractivity contribution in [2.75, 3.05) is 4.90 Å². The van der Waals surface area contributed by atoms with E-state index in [2.05, 4.69) is 37.9 Å². The van der Waals surface area contributed by atoms with Crippen molar-refractivity contribution in [2.24, 2.45) is 0 Å². The second-order valence-corrected chi connectivity index (χ2v) is 9.87. The number of benzene rings is 2. The van der Waals surface area contributed by atoms with Crippen molar-refractivity contribution >= 4 is 23.5 Å². The third-order valence-corrected chi connectivity index (χ3v) is 6.47. The van der Waals surface area contributed by atoms with Crippen LogP contribution in [0.25, 0.3) is 0 Å². The van der Waals surface area contributed by atoms with Gasteiger partial charge in [0.1, 0.15) is 0 Å². The molecule has 1 unspecified atom stereocenters. The molecule has 2 aromatic carbocycles. The van der Waals surface area contributed by atoms with Crippen LogP contribution in [-0.2, 0) is 14.3 Å². The van der Waals surface area contributed by atoms with E-state index >= 15 is 0 Å². The largest absolute Gasteiger partial charge is 0.420 e. The van der Waals surface area contributed by atoms with Gasteiger partial charge in [0.2, 0.25) is 5.76 Å². The Kier molecular flexibility index (Phi) is 7.34. The number of esters is 1. The van der Waals surface area contributed by atoms with E-state index in [9.17, 15) is 14.4 Å². The molecule has 4 rings (SSSR count). The van der Waals surface area contributed by atoms with Gasteiger partial charge in [-0.3, -0.25) is 19.3 Å². The number of rotatable bonds is 7. The quantitative estimate of drug-likeness (QED) is 0.302. The maximum Gasteiger partial charge on any atom is 0.308 e. The molecule has 0 aliphatic carbocycles. The number of carbonyl (C=O) groups excluding carboxylic acids is 3. The summed E-state index contributed by atoms with van der Waals surface area (Å²) >= 11 is 0. The number of amides is 1. The van der Waals surface area contributed by atoms with Crippen LogP contribution < -0.4 is 4.90 Å². The minimum Gasteiger partial charge on any atom is -0.420 e. The predicted octanol–water partition coefficient (Wildman–Crippen LogP) is 5.82. The van der Waals surface area contributed by atoms with Gasteiger partial charge in [-0.15, -0.1) is 5.10 Å². The first-order valence-corrected chi connectivity index (χ1v) is 12.4. The zero-order chi connectivity index (χ0) is 26.9. The Hall–Kier alpha value is -4.13. The van der Waals surface area contributed by atoms with Crippen molar-refractivity contribution in [1.82, 2.24) is 10.2 Å². The Morgan fingerprint density at radius 3 is 1.89 bits per heavy atom. The van der Waals surface area contributed by atoms with E-state index in [1.165, 1.54) is 11.8 Å². The number of nitrogens with zero attached hydrogens (tertiary/aromatic N) is 3. The van der Waals surface area contributed by atoms with Gasteiger partial charge in [0.05, 0.1) is 17.3 Å². The average molecular weight is 498 g/mol. The molecule has 3 aromatic rings. The molecule has 2 heterocycles. The number of ether oxygens (including phenoxy) is 1. The van der Waals surface area contributed by atoms with Crippen LogP contribution in [0.1, 0.15) is 85.2 Å². The number of anilines is 1. The van der Waals surface area contributed by atoms with Gasteiger partial charge >= 0.3 is 5.97 Å². The van der Waals surface area contributed by atoms with Crippen molar-refractivity contribution < 1.29 is 19.1 Å². The summed E-state index contributed by atoms with van der Waals surface area (Å²) in [6, 6.07) is 17.6. The Labute approximate surface area is 217 Å². The molecule has 0 radical (unpaired) electrons.